The lowest BCUT2D eigenvalue weighted by Gasteiger charge is -2.11. The van der Waals surface area contributed by atoms with Crippen LogP contribution in [-0.4, -0.2) is 24.8 Å². The van der Waals surface area contributed by atoms with Crippen molar-refractivity contribution in [3.05, 3.63) is 23.2 Å². The lowest BCUT2D eigenvalue weighted by Crippen LogP contribution is -2.28. The monoisotopic (exact) mass is 311 g/mol. The first-order chi connectivity index (χ1) is 10.0. The molecule has 1 saturated heterocycles. The predicted octanol–water partition coefficient (Wildman–Crippen LogP) is 0.844. The molecule has 0 aliphatic carbocycles. The minimum absolute atomic E-state index is 0.0289. The molecule has 0 aromatic heterocycles. The molecule has 0 atom stereocenters. The van der Waals surface area contributed by atoms with E-state index in [0.29, 0.717) is 16.5 Å². The maximum atomic E-state index is 11.9. The van der Waals surface area contributed by atoms with Gasteiger partial charge in [-0.05, 0) is 24.6 Å². The van der Waals surface area contributed by atoms with Gasteiger partial charge in [-0.1, -0.05) is 11.6 Å². The molecule has 3 amide bonds. The van der Waals surface area contributed by atoms with Crippen molar-refractivity contribution in [3.63, 3.8) is 0 Å². The summed E-state index contributed by atoms with van der Waals surface area (Å²) in [6.45, 7) is 0. The molecule has 112 valence electrons. The van der Waals surface area contributed by atoms with Crippen LogP contribution in [-0.2, 0) is 14.4 Å². The highest BCUT2D eigenvalue weighted by molar-refractivity contribution is 6.31. The number of nitrogens with one attached hydrogen (secondary N) is 3. The maximum Gasteiger partial charge on any atom is 0.251 e. The molecule has 1 fully saturated rings. The first-order valence-corrected chi connectivity index (χ1v) is 6.62. The minimum Gasteiger partial charge on any atom is -0.495 e. The number of methoxy groups -OCH3 is 1. The Labute approximate surface area is 126 Å². The molecule has 0 unspecified atom stereocenters. The third-order valence-corrected chi connectivity index (χ3v) is 3.27. The van der Waals surface area contributed by atoms with Crippen LogP contribution < -0.4 is 20.9 Å². The largest absolute Gasteiger partial charge is 0.495 e. The lowest BCUT2D eigenvalue weighted by atomic mass is 10.0. The Bertz CT molecular complexity index is 575. The van der Waals surface area contributed by atoms with Gasteiger partial charge in [-0.3, -0.25) is 25.2 Å². The van der Waals surface area contributed by atoms with E-state index in [0.717, 1.165) is 0 Å². The van der Waals surface area contributed by atoms with Crippen LogP contribution in [0.1, 0.15) is 12.8 Å². The second-order valence-electron chi connectivity index (χ2n) is 4.46. The molecule has 21 heavy (non-hydrogen) atoms. The van der Waals surface area contributed by atoms with Gasteiger partial charge in [-0.2, -0.15) is 0 Å². The van der Waals surface area contributed by atoms with Crippen molar-refractivity contribution in [2.75, 3.05) is 12.4 Å². The molecule has 1 aromatic rings. The Morgan fingerprint density at radius 3 is 2.62 bits per heavy atom. The van der Waals surface area contributed by atoms with Crippen LogP contribution in [0.15, 0.2) is 18.2 Å². The molecule has 1 aliphatic rings. The molecule has 0 saturated carbocycles. The summed E-state index contributed by atoms with van der Waals surface area (Å²) in [7, 11) is 1.48. The molecular formula is C13H14ClN3O4. The Kier molecular flexibility index (Phi) is 4.64. The number of hydrogen-bond donors (Lipinski definition) is 3. The Morgan fingerprint density at radius 2 is 2.00 bits per heavy atom. The molecule has 1 heterocycles. The standard InChI is InChI=1S/C13H14ClN3O4/c1-21-10-4-2-7(14)6-9(10)15-11(18)5-3-8-12(19)16-17-13(8)20/h2,4,6,8H,3,5H2,1H3,(H,15,18)(H,16,19)(H,17,20). The summed E-state index contributed by atoms with van der Waals surface area (Å²) < 4.78 is 5.11. The first-order valence-electron chi connectivity index (χ1n) is 6.24. The van der Waals surface area contributed by atoms with Crippen LogP contribution in [0.2, 0.25) is 5.02 Å². The summed E-state index contributed by atoms with van der Waals surface area (Å²) in [5.41, 5.74) is 4.86. The second kappa shape index (κ2) is 6.45. The molecule has 0 bridgehead atoms. The highest BCUT2D eigenvalue weighted by Gasteiger charge is 2.32. The van der Waals surface area contributed by atoms with Gasteiger partial charge in [0.15, 0.2) is 0 Å². The summed E-state index contributed by atoms with van der Waals surface area (Å²) in [6, 6.07) is 4.84. The fourth-order valence-corrected chi connectivity index (χ4v) is 2.12. The van der Waals surface area contributed by atoms with Gasteiger partial charge in [0.05, 0.1) is 12.8 Å². The topological polar surface area (TPSA) is 96.5 Å². The Balaban J connectivity index is 1.94. The summed E-state index contributed by atoms with van der Waals surface area (Å²) in [5.74, 6) is -1.54. The highest BCUT2D eigenvalue weighted by Crippen LogP contribution is 2.28. The van der Waals surface area contributed by atoms with E-state index in [1.165, 1.54) is 7.11 Å². The van der Waals surface area contributed by atoms with Crippen molar-refractivity contribution in [2.45, 2.75) is 12.8 Å². The van der Waals surface area contributed by atoms with Crippen molar-refractivity contribution in [1.82, 2.24) is 10.9 Å². The van der Waals surface area contributed by atoms with Crippen LogP contribution >= 0.6 is 11.6 Å². The van der Waals surface area contributed by atoms with E-state index in [-0.39, 0.29) is 18.7 Å². The van der Waals surface area contributed by atoms with E-state index >= 15 is 0 Å². The number of ether oxygens (including phenoxy) is 1. The molecule has 0 spiro atoms. The lowest BCUT2D eigenvalue weighted by molar-refractivity contribution is -0.128. The molecule has 1 aliphatic heterocycles. The summed E-state index contributed by atoms with van der Waals surface area (Å²) in [4.78, 5) is 34.6. The van der Waals surface area contributed by atoms with Crippen LogP contribution in [0.25, 0.3) is 0 Å². The highest BCUT2D eigenvalue weighted by atomic mass is 35.5. The van der Waals surface area contributed by atoms with E-state index in [4.69, 9.17) is 16.3 Å². The normalized spacial score (nSPS) is 14.6. The van der Waals surface area contributed by atoms with Crippen LogP contribution in [0.4, 0.5) is 5.69 Å². The van der Waals surface area contributed by atoms with Gasteiger partial charge >= 0.3 is 0 Å². The fraction of sp³-hybridized carbons (Fsp3) is 0.308. The maximum absolute atomic E-state index is 11.9. The van der Waals surface area contributed by atoms with Crippen molar-refractivity contribution < 1.29 is 19.1 Å². The number of amides is 3. The van der Waals surface area contributed by atoms with E-state index in [1.807, 2.05) is 0 Å². The average molecular weight is 312 g/mol. The average Bonchev–Trinajstić information content (AvgIpc) is 2.76. The fourth-order valence-electron chi connectivity index (χ4n) is 1.94. The number of carbonyl (C=O) groups excluding carboxylic acids is 3. The number of benzene rings is 1. The summed E-state index contributed by atoms with van der Waals surface area (Å²) in [6.07, 6.45) is 0.160. The van der Waals surface area contributed by atoms with E-state index < -0.39 is 17.7 Å². The molecule has 0 radical (unpaired) electrons. The Hall–Kier alpha value is -2.28. The van der Waals surface area contributed by atoms with Crippen molar-refractivity contribution in [2.24, 2.45) is 5.92 Å². The van der Waals surface area contributed by atoms with Gasteiger partial charge in [0.25, 0.3) is 11.8 Å². The molecule has 7 nitrogen and oxygen atoms in total. The molecule has 2 rings (SSSR count). The van der Waals surface area contributed by atoms with Gasteiger partial charge in [0.1, 0.15) is 11.7 Å². The van der Waals surface area contributed by atoms with E-state index in [1.54, 1.807) is 18.2 Å². The molecule has 3 N–H and O–H groups in total. The third kappa shape index (κ3) is 3.63. The number of halogens is 1. The number of hydrogen-bond acceptors (Lipinski definition) is 4. The van der Waals surface area contributed by atoms with Gasteiger partial charge in [0.2, 0.25) is 5.91 Å². The number of carbonyl (C=O) groups is 3. The molecule has 1 aromatic carbocycles. The second-order valence-corrected chi connectivity index (χ2v) is 4.90. The SMILES string of the molecule is COc1ccc(Cl)cc1NC(=O)CCC1C(=O)NNC1=O. The van der Waals surface area contributed by atoms with Crippen LogP contribution in [0, 0.1) is 5.92 Å². The van der Waals surface area contributed by atoms with Gasteiger partial charge in [-0.25, -0.2) is 0 Å². The van der Waals surface area contributed by atoms with Crippen LogP contribution in [0.3, 0.4) is 0 Å². The van der Waals surface area contributed by atoms with Crippen molar-refractivity contribution in [1.29, 1.82) is 0 Å². The van der Waals surface area contributed by atoms with E-state index in [9.17, 15) is 14.4 Å². The minimum atomic E-state index is -0.836. The zero-order chi connectivity index (χ0) is 15.4. The van der Waals surface area contributed by atoms with Gasteiger partial charge in [0, 0.05) is 11.4 Å². The quantitative estimate of drug-likeness (QED) is 0.702. The molecular weight excluding hydrogens is 298 g/mol. The van der Waals surface area contributed by atoms with Crippen molar-refractivity contribution in [3.8, 4) is 5.75 Å². The molecule has 8 heteroatoms. The van der Waals surface area contributed by atoms with E-state index in [2.05, 4.69) is 16.2 Å². The predicted molar refractivity (Wildman–Crippen MR) is 75.6 cm³/mol. The Morgan fingerprint density at radius 1 is 1.33 bits per heavy atom. The zero-order valence-corrected chi connectivity index (χ0v) is 12.0. The van der Waals surface area contributed by atoms with Crippen molar-refractivity contribution >= 4 is 35.0 Å². The number of rotatable bonds is 5. The summed E-state index contributed by atoms with van der Waals surface area (Å²) in [5, 5.41) is 3.10. The van der Waals surface area contributed by atoms with Gasteiger partial charge < -0.3 is 10.1 Å². The number of anilines is 1. The number of hydrazine groups is 1. The summed E-state index contributed by atoms with van der Waals surface area (Å²) >= 11 is 5.86. The third-order valence-electron chi connectivity index (χ3n) is 3.04. The zero-order valence-electron chi connectivity index (χ0n) is 11.2. The smallest absolute Gasteiger partial charge is 0.251 e. The van der Waals surface area contributed by atoms with Gasteiger partial charge in [-0.15, -0.1) is 0 Å². The first kappa shape index (κ1) is 15.1. The van der Waals surface area contributed by atoms with Crippen LogP contribution in [0.5, 0.6) is 5.75 Å².